The second-order valence-corrected chi connectivity index (χ2v) is 4.87. The van der Waals surface area contributed by atoms with Crippen molar-refractivity contribution in [3.8, 4) is 0 Å². The molecule has 0 bridgehead atoms. The van der Waals surface area contributed by atoms with E-state index < -0.39 is 0 Å². The Morgan fingerprint density at radius 1 is 1.44 bits per heavy atom. The van der Waals surface area contributed by atoms with Crippen LogP contribution in [0.1, 0.15) is 13.8 Å². The van der Waals surface area contributed by atoms with E-state index >= 15 is 0 Å². The molecule has 1 aromatic rings. The molecule has 0 atom stereocenters. The lowest BCUT2D eigenvalue weighted by molar-refractivity contribution is 0.172. The van der Waals surface area contributed by atoms with Gasteiger partial charge in [-0.25, -0.2) is 0 Å². The second kappa shape index (κ2) is 5.51. The highest BCUT2D eigenvalue weighted by atomic mass is 35.5. The first-order chi connectivity index (χ1) is 7.47. The number of aromatic nitrogens is 1. The summed E-state index contributed by atoms with van der Waals surface area (Å²) in [7, 11) is 2.02. The molecular weight excluding hydrogens is 224 g/mol. The van der Waals surface area contributed by atoms with Gasteiger partial charge in [-0.2, -0.15) is 0 Å². The third-order valence-corrected chi connectivity index (χ3v) is 3.59. The van der Waals surface area contributed by atoms with Crippen LogP contribution in [0.4, 0.5) is 0 Å². The molecule has 0 amide bonds. The number of alkyl halides is 1. The number of nitrogens with zero attached hydrogens (tertiary/aromatic N) is 2. The zero-order chi connectivity index (χ0) is 12.2. The number of hydrogen-bond donors (Lipinski definition) is 0. The van der Waals surface area contributed by atoms with Crippen LogP contribution in [-0.2, 0) is 6.54 Å². The van der Waals surface area contributed by atoms with Crippen molar-refractivity contribution in [3.63, 3.8) is 0 Å². The van der Waals surface area contributed by atoms with Gasteiger partial charge in [0.1, 0.15) is 0 Å². The molecule has 0 N–H and O–H groups in total. The van der Waals surface area contributed by atoms with Gasteiger partial charge in [0, 0.05) is 36.8 Å². The summed E-state index contributed by atoms with van der Waals surface area (Å²) in [6, 6.07) is 5.20. The minimum atomic E-state index is -0.0417. The summed E-state index contributed by atoms with van der Waals surface area (Å²) in [6.07, 6.45) is 1.81. The van der Waals surface area contributed by atoms with Crippen LogP contribution in [0.2, 0.25) is 0 Å². The first-order valence-electron chi connectivity index (χ1n) is 5.40. The van der Waals surface area contributed by atoms with Gasteiger partial charge in [-0.3, -0.25) is 9.69 Å². The topological polar surface area (TPSA) is 25.2 Å². The maximum atomic E-state index is 11.5. The molecule has 0 fully saturated rings. The second-order valence-electron chi connectivity index (χ2n) is 4.60. The van der Waals surface area contributed by atoms with Crippen LogP contribution >= 0.6 is 11.6 Å². The molecule has 0 unspecified atom stereocenters. The zero-order valence-corrected chi connectivity index (χ0v) is 10.9. The van der Waals surface area contributed by atoms with E-state index in [2.05, 4.69) is 18.7 Å². The standard InChI is InChI=1S/C12H19ClN2O/c1-12(2,10-13)14(3)8-9-15-7-5-4-6-11(15)16/h4-7H,8-10H2,1-3H3. The summed E-state index contributed by atoms with van der Waals surface area (Å²) >= 11 is 5.89. The Bertz CT molecular complexity index is 387. The summed E-state index contributed by atoms with van der Waals surface area (Å²) in [5.41, 5.74) is -0.000445. The molecule has 0 saturated carbocycles. The number of halogens is 1. The van der Waals surface area contributed by atoms with Gasteiger partial charge >= 0.3 is 0 Å². The van der Waals surface area contributed by atoms with E-state index in [0.717, 1.165) is 6.54 Å². The molecule has 0 aliphatic heterocycles. The van der Waals surface area contributed by atoms with Crippen LogP contribution in [0, 0.1) is 0 Å². The van der Waals surface area contributed by atoms with E-state index in [4.69, 9.17) is 11.6 Å². The van der Waals surface area contributed by atoms with Crippen LogP contribution in [0.25, 0.3) is 0 Å². The molecule has 4 heteroatoms. The molecule has 16 heavy (non-hydrogen) atoms. The van der Waals surface area contributed by atoms with Crippen molar-refractivity contribution in [1.82, 2.24) is 9.47 Å². The fourth-order valence-corrected chi connectivity index (χ4v) is 1.51. The Morgan fingerprint density at radius 2 is 2.12 bits per heavy atom. The molecule has 0 spiro atoms. The maximum Gasteiger partial charge on any atom is 0.250 e. The first kappa shape index (κ1) is 13.3. The van der Waals surface area contributed by atoms with Crippen molar-refractivity contribution in [3.05, 3.63) is 34.7 Å². The molecule has 1 rings (SSSR count). The van der Waals surface area contributed by atoms with Gasteiger partial charge in [-0.05, 0) is 27.0 Å². The Labute approximate surface area is 102 Å². The Hall–Kier alpha value is -0.800. The van der Waals surface area contributed by atoms with Crippen LogP contribution in [0.5, 0.6) is 0 Å². The van der Waals surface area contributed by atoms with Gasteiger partial charge in [0.25, 0.3) is 5.56 Å². The average Bonchev–Trinajstić information content (AvgIpc) is 2.27. The first-order valence-corrected chi connectivity index (χ1v) is 5.93. The van der Waals surface area contributed by atoms with Gasteiger partial charge in [-0.15, -0.1) is 11.6 Å². The van der Waals surface area contributed by atoms with E-state index in [0.29, 0.717) is 12.4 Å². The normalized spacial score (nSPS) is 12.1. The number of likely N-dealkylation sites (N-methyl/N-ethyl adjacent to an activating group) is 1. The predicted molar refractivity (Wildman–Crippen MR) is 68.1 cm³/mol. The molecule has 0 saturated heterocycles. The third-order valence-electron chi connectivity index (χ3n) is 2.94. The van der Waals surface area contributed by atoms with Crippen molar-refractivity contribution >= 4 is 11.6 Å². The highest BCUT2D eigenvalue weighted by Gasteiger charge is 2.21. The van der Waals surface area contributed by atoms with Gasteiger partial charge in [-0.1, -0.05) is 6.07 Å². The van der Waals surface area contributed by atoms with Crippen molar-refractivity contribution in [2.45, 2.75) is 25.9 Å². The van der Waals surface area contributed by atoms with E-state index in [-0.39, 0.29) is 11.1 Å². The maximum absolute atomic E-state index is 11.5. The van der Waals surface area contributed by atoms with Crippen molar-refractivity contribution < 1.29 is 0 Å². The van der Waals surface area contributed by atoms with Crippen molar-refractivity contribution in [2.75, 3.05) is 19.5 Å². The van der Waals surface area contributed by atoms with Gasteiger partial charge in [0.05, 0.1) is 0 Å². The Kier molecular flexibility index (Phi) is 4.56. The molecular formula is C12H19ClN2O. The Balaban J connectivity index is 2.59. The van der Waals surface area contributed by atoms with E-state index in [9.17, 15) is 4.79 Å². The molecule has 0 radical (unpaired) electrons. The molecule has 3 nitrogen and oxygen atoms in total. The summed E-state index contributed by atoms with van der Waals surface area (Å²) in [5.74, 6) is 0.577. The third kappa shape index (κ3) is 3.35. The minimum absolute atomic E-state index is 0.0413. The Morgan fingerprint density at radius 3 is 2.69 bits per heavy atom. The molecule has 90 valence electrons. The van der Waals surface area contributed by atoms with Gasteiger partial charge < -0.3 is 4.57 Å². The number of rotatable bonds is 5. The van der Waals surface area contributed by atoms with E-state index in [1.807, 2.05) is 19.3 Å². The monoisotopic (exact) mass is 242 g/mol. The summed E-state index contributed by atoms with van der Waals surface area (Å²) < 4.78 is 1.71. The van der Waals surface area contributed by atoms with Crippen LogP contribution in [0.15, 0.2) is 29.2 Å². The zero-order valence-electron chi connectivity index (χ0n) is 10.1. The van der Waals surface area contributed by atoms with Crippen LogP contribution in [-0.4, -0.2) is 34.5 Å². The fraction of sp³-hybridized carbons (Fsp3) is 0.583. The smallest absolute Gasteiger partial charge is 0.250 e. The lowest BCUT2D eigenvalue weighted by Crippen LogP contribution is -2.44. The lowest BCUT2D eigenvalue weighted by atomic mass is 10.1. The number of pyridine rings is 1. The largest absolute Gasteiger partial charge is 0.314 e. The van der Waals surface area contributed by atoms with Crippen LogP contribution in [0.3, 0.4) is 0 Å². The van der Waals surface area contributed by atoms with Crippen molar-refractivity contribution in [2.24, 2.45) is 0 Å². The van der Waals surface area contributed by atoms with Crippen LogP contribution < -0.4 is 5.56 Å². The fourth-order valence-electron chi connectivity index (χ4n) is 1.31. The highest BCUT2D eigenvalue weighted by Crippen LogP contribution is 2.13. The average molecular weight is 243 g/mol. The summed E-state index contributed by atoms with van der Waals surface area (Å²) in [6.45, 7) is 5.68. The van der Waals surface area contributed by atoms with Gasteiger partial charge in [0.15, 0.2) is 0 Å². The molecule has 1 heterocycles. The number of hydrogen-bond acceptors (Lipinski definition) is 2. The van der Waals surface area contributed by atoms with Crippen molar-refractivity contribution in [1.29, 1.82) is 0 Å². The highest BCUT2D eigenvalue weighted by molar-refractivity contribution is 6.18. The van der Waals surface area contributed by atoms with Gasteiger partial charge in [0.2, 0.25) is 0 Å². The molecule has 0 aliphatic rings. The SMILES string of the molecule is CN(CCn1ccccc1=O)C(C)(C)CCl. The summed E-state index contributed by atoms with van der Waals surface area (Å²) in [5, 5.41) is 0. The van der Waals surface area contributed by atoms with E-state index in [1.54, 1.807) is 16.7 Å². The quantitative estimate of drug-likeness (QED) is 0.736. The predicted octanol–water partition coefficient (Wildman–Crippen LogP) is 1.80. The summed E-state index contributed by atoms with van der Waals surface area (Å²) in [4.78, 5) is 13.6. The molecule has 0 aromatic carbocycles. The van der Waals surface area contributed by atoms with E-state index in [1.165, 1.54) is 0 Å². The molecule has 1 aromatic heterocycles. The lowest BCUT2D eigenvalue weighted by Gasteiger charge is -2.33. The molecule has 0 aliphatic carbocycles. The minimum Gasteiger partial charge on any atom is -0.314 e.